The summed E-state index contributed by atoms with van der Waals surface area (Å²) in [4.78, 5) is 11.1. The van der Waals surface area contributed by atoms with Gasteiger partial charge < -0.3 is 4.74 Å². The van der Waals surface area contributed by atoms with Gasteiger partial charge in [0, 0.05) is 5.02 Å². The summed E-state index contributed by atoms with van der Waals surface area (Å²) in [6, 6.07) is 3.92. The van der Waals surface area contributed by atoms with Crippen molar-refractivity contribution < 1.29 is 13.9 Å². The van der Waals surface area contributed by atoms with E-state index in [-0.39, 0.29) is 17.4 Å². The van der Waals surface area contributed by atoms with Gasteiger partial charge in [0.2, 0.25) is 0 Å². The molecule has 0 fully saturated rings. The van der Waals surface area contributed by atoms with Gasteiger partial charge >= 0.3 is 5.97 Å². The lowest BCUT2D eigenvalue weighted by Crippen LogP contribution is -2.07. The van der Waals surface area contributed by atoms with Crippen LogP contribution in [0.3, 0.4) is 0 Å². The minimum Gasteiger partial charge on any atom is -0.466 e. The molecular formula is C10H10ClFO2. The number of carbonyl (C=O) groups excluding carboxylic acids is 1. The molecule has 0 atom stereocenters. The predicted molar refractivity (Wildman–Crippen MR) is 51.7 cm³/mol. The Morgan fingerprint density at radius 3 is 2.86 bits per heavy atom. The number of hydrogen-bond acceptors (Lipinski definition) is 2. The SMILES string of the molecule is CCOC(=O)Cc1ccc(F)cc1Cl. The molecule has 0 aromatic heterocycles. The van der Waals surface area contributed by atoms with E-state index in [1.54, 1.807) is 6.92 Å². The van der Waals surface area contributed by atoms with Crippen molar-refractivity contribution in [1.29, 1.82) is 0 Å². The summed E-state index contributed by atoms with van der Waals surface area (Å²) in [5.74, 6) is -0.774. The maximum atomic E-state index is 12.6. The highest BCUT2D eigenvalue weighted by molar-refractivity contribution is 6.31. The van der Waals surface area contributed by atoms with Crippen LogP contribution in [-0.2, 0) is 16.0 Å². The Hall–Kier alpha value is -1.09. The van der Waals surface area contributed by atoms with Crippen molar-refractivity contribution in [3.63, 3.8) is 0 Å². The number of carbonyl (C=O) groups is 1. The van der Waals surface area contributed by atoms with Crippen LogP contribution in [0.2, 0.25) is 5.02 Å². The average Bonchev–Trinajstić information content (AvgIpc) is 2.10. The lowest BCUT2D eigenvalue weighted by atomic mass is 10.1. The van der Waals surface area contributed by atoms with Crippen molar-refractivity contribution in [1.82, 2.24) is 0 Å². The van der Waals surface area contributed by atoms with Gasteiger partial charge in [-0.15, -0.1) is 0 Å². The van der Waals surface area contributed by atoms with Crippen LogP contribution in [0.25, 0.3) is 0 Å². The number of ether oxygens (including phenoxy) is 1. The molecule has 0 amide bonds. The zero-order chi connectivity index (χ0) is 10.6. The summed E-state index contributed by atoms with van der Waals surface area (Å²) < 4.78 is 17.4. The fourth-order valence-electron chi connectivity index (χ4n) is 1.03. The Kier molecular flexibility index (Phi) is 3.89. The second-order valence-electron chi connectivity index (χ2n) is 2.72. The smallest absolute Gasteiger partial charge is 0.310 e. The normalized spacial score (nSPS) is 9.93. The van der Waals surface area contributed by atoms with E-state index >= 15 is 0 Å². The molecule has 1 rings (SSSR count). The third-order valence-corrected chi connectivity index (χ3v) is 2.01. The van der Waals surface area contributed by atoms with Gasteiger partial charge in [0.25, 0.3) is 0 Å². The Morgan fingerprint density at radius 1 is 1.57 bits per heavy atom. The molecule has 0 saturated carbocycles. The van der Waals surface area contributed by atoms with Gasteiger partial charge in [0.15, 0.2) is 0 Å². The molecule has 0 unspecified atom stereocenters. The van der Waals surface area contributed by atoms with Gasteiger partial charge in [-0.25, -0.2) is 4.39 Å². The average molecular weight is 217 g/mol. The molecule has 0 bridgehead atoms. The van der Waals surface area contributed by atoms with Gasteiger partial charge in [-0.3, -0.25) is 4.79 Å². The van der Waals surface area contributed by atoms with Crippen LogP contribution in [0, 0.1) is 5.82 Å². The van der Waals surface area contributed by atoms with Crippen molar-refractivity contribution in [2.24, 2.45) is 0 Å². The Balaban J connectivity index is 2.72. The zero-order valence-electron chi connectivity index (χ0n) is 7.72. The van der Waals surface area contributed by atoms with Gasteiger partial charge in [0.1, 0.15) is 5.82 Å². The van der Waals surface area contributed by atoms with E-state index in [1.165, 1.54) is 18.2 Å². The summed E-state index contributed by atoms with van der Waals surface area (Å²) in [5.41, 5.74) is 0.575. The fourth-order valence-corrected chi connectivity index (χ4v) is 1.27. The topological polar surface area (TPSA) is 26.3 Å². The molecule has 14 heavy (non-hydrogen) atoms. The van der Waals surface area contributed by atoms with Crippen molar-refractivity contribution >= 4 is 17.6 Å². The van der Waals surface area contributed by atoms with E-state index in [1.807, 2.05) is 0 Å². The minimum absolute atomic E-state index is 0.0763. The molecule has 0 N–H and O–H groups in total. The number of halogens is 2. The van der Waals surface area contributed by atoms with Crippen molar-refractivity contribution in [2.45, 2.75) is 13.3 Å². The van der Waals surface area contributed by atoms with Crippen LogP contribution < -0.4 is 0 Å². The molecule has 0 radical (unpaired) electrons. The zero-order valence-corrected chi connectivity index (χ0v) is 8.47. The van der Waals surface area contributed by atoms with E-state index in [9.17, 15) is 9.18 Å². The largest absolute Gasteiger partial charge is 0.466 e. The first-order chi connectivity index (χ1) is 6.63. The Bertz CT molecular complexity index is 339. The van der Waals surface area contributed by atoms with E-state index < -0.39 is 5.82 Å². The molecule has 1 aromatic carbocycles. The Labute approximate surface area is 86.6 Å². The second-order valence-corrected chi connectivity index (χ2v) is 3.12. The van der Waals surface area contributed by atoms with E-state index in [2.05, 4.69) is 0 Å². The molecular weight excluding hydrogens is 207 g/mol. The third-order valence-electron chi connectivity index (χ3n) is 1.66. The molecule has 0 aliphatic carbocycles. The summed E-state index contributed by atoms with van der Waals surface area (Å²) in [7, 11) is 0. The number of rotatable bonds is 3. The minimum atomic E-state index is -0.414. The highest BCUT2D eigenvalue weighted by atomic mass is 35.5. The van der Waals surface area contributed by atoms with Crippen LogP contribution in [0.15, 0.2) is 18.2 Å². The maximum absolute atomic E-state index is 12.6. The van der Waals surface area contributed by atoms with Crippen LogP contribution in [0.5, 0.6) is 0 Å². The Morgan fingerprint density at radius 2 is 2.29 bits per heavy atom. The van der Waals surface area contributed by atoms with Gasteiger partial charge in [-0.2, -0.15) is 0 Å². The molecule has 0 aliphatic rings. The van der Waals surface area contributed by atoms with Crippen molar-refractivity contribution in [2.75, 3.05) is 6.61 Å². The first-order valence-corrected chi connectivity index (χ1v) is 4.61. The molecule has 76 valence electrons. The van der Waals surface area contributed by atoms with Crippen molar-refractivity contribution in [3.8, 4) is 0 Å². The summed E-state index contributed by atoms with van der Waals surface area (Å²) >= 11 is 5.73. The summed E-state index contributed by atoms with van der Waals surface area (Å²) in [5, 5.41) is 0.248. The van der Waals surface area contributed by atoms with E-state index in [4.69, 9.17) is 16.3 Å². The summed E-state index contributed by atoms with van der Waals surface area (Å²) in [6.45, 7) is 2.06. The standard InChI is InChI=1S/C10H10ClFO2/c1-2-14-10(13)5-7-3-4-8(12)6-9(7)11/h3-4,6H,2,5H2,1H3. The van der Waals surface area contributed by atoms with Gasteiger partial charge in [-0.05, 0) is 24.6 Å². The number of hydrogen-bond donors (Lipinski definition) is 0. The van der Waals surface area contributed by atoms with E-state index in [0.29, 0.717) is 12.2 Å². The summed E-state index contributed by atoms with van der Waals surface area (Å²) in [6.07, 6.45) is 0.0763. The number of esters is 1. The van der Waals surface area contributed by atoms with Gasteiger partial charge in [-0.1, -0.05) is 17.7 Å². The molecule has 1 aromatic rings. The molecule has 0 heterocycles. The quantitative estimate of drug-likeness (QED) is 0.726. The highest BCUT2D eigenvalue weighted by Gasteiger charge is 2.08. The fraction of sp³-hybridized carbons (Fsp3) is 0.300. The molecule has 0 spiro atoms. The molecule has 2 nitrogen and oxygen atoms in total. The van der Waals surface area contributed by atoms with Crippen LogP contribution >= 0.6 is 11.6 Å². The first-order valence-electron chi connectivity index (χ1n) is 4.23. The van der Waals surface area contributed by atoms with Crippen LogP contribution in [-0.4, -0.2) is 12.6 Å². The number of benzene rings is 1. The lowest BCUT2D eigenvalue weighted by molar-refractivity contribution is -0.142. The molecule has 0 saturated heterocycles. The van der Waals surface area contributed by atoms with Crippen molar-refractivity contribution in [3.05, 3.63) is 34.6 Å². The third kappa shape index (κ3) is 3.00. The van der Waals surface area contributed by atoms with Crippen LogP contribution in [0.4, 0.5) is 4.39 Å². The molecule has 4 heteroatoms. The second kappa shape index (κ2) is 4.96. The highest BCUT2D eigenvalue weighted by Crippen LogP contribution is 2.17. The van der Waals surface area contributed by atoms with Gasteiger partial charge in [0.05, 0.1) is 13.0 Å². The predicted octanol–water partition coefficient (Wildman–Crippen LogP) is 2.58. The van der Waals surface area contributed by atoms with E-state index in [0.717, 1.165) is 0 Å². The molecule has 0 aliphatic heterocycles. The van der Waals surface area contributed by atoms with Crippen LogP contribution in [0.1, 0.15) is 12.5 Å². The maximum Gasteiger partial charge on any atom is 0.310 e. The lowest BCUT2D eigenvalue weighted by Gasteiger charge is -2.03. The first kappa shape index (κ1) is 11.0. The monoisotopic (exact) mass is 216 g/mol.